The lowest BCUT2D eigenvalue weighted by Crippen LogP contribution is -2.48. The molecule has 0 bridgehead atoms. The summed E-state index contributed by atoms with van der Waals surface area (Å²) in [6.07, 6.45) is -1.27. The van der Waals surface area contributed by atoms with E-state index in [0.29, 0.717) is 39.4 Å². The number of nitrogens with one attached hydrogen (secondary N) is 1. The van der Waals surface area contributed by atoms with Crippen LogP contribution in [0.1, 0.15) is 56.8 Å². The van der Waals surface area contributed by atoms with E-state index in [-0.39, 0.29) is 18.4 Å². The zero-order valence-electron chi connectivity index (χ0n) is 27.2. The van der Waals surface area contributed by atoms with Crippen LogP contribution in [0.5, 0.6) is 11.5 Å². The summed E-state index contributed by atoms with van der Waals surface area (Å²) in [5.41, 5.74) is 1.97. The molecule has 1 N–H and O–H groups in total. The summed E-state index contributed by atoms with van der Waals surface area (Å²) < 4.78 is 22.9. The Kier molecular flexibility index (Phi) is 11.9. The zero-order chi connectivity index (χ0) is 33.6. The smallest absolute Gasteiger partial charge is 0.408 e. The molecule has 2 heterocycles. The number of carbonyl (C=O) groups excluding carboxylic acids is 3. The van der Waals surface area contributed by atoms with Crippen LogP contribution in [0.2, 0.25) is 5.02 Å². The Labute approximate surface area is 283 Å². The van der Waals surface area contributed by atoms with Crippen LogP contribution in [0.4, 0.5) is 10.5 Å². The SMILES string of the molecule is CCSC[C@H](COc1ccc(N2Cc3cc(-c4ccc(Cl)cc4)sc3C2=O)cc1OC)OC(=O)[C@@H](NC(=O)OC(C)(C)C)C(C)C. The van der Waals surface area contributed by atoms with E-state index in [2.05, 4.69) is 11.4 Å². The molecule has 0 saturated carbocycles. The molecule has 3 aromatic rings. The summed E-state index contributed by atoms with van der Waals surface area (Å²) in [4.78, 5) is 42.4. The lowest BCUT2D eigenvalue weighted by molar-refractivity contribution is -0.153. The molecule has 0 unspecified atom stereocenters. The van der Waals surface area contributed by atoms with Gasteiger partial charge in [-0.1, -0.05) is 44.5 Å². The molecule has 12 heteroatoms. The molecule has 0 radical (unpaired) electrons. The molecular formula is C34H41ClN2O7S2. The molecule has 2 amide bonds. The van der Waals surface area contributed by atoms with Gasteiger partial charge in [0, 0.05) is 27.4 Å². The van der Waals surface area contributed by atoms with Crippen molar-refractivity contribution < 1.29 is 33.3 Å². The van der Waals surface area contributed by atoms with Gasteiger partial charge in [0.05, 0.1) is 18.5 Å². The number of hydrogen-bond donors (Lipinski definition) is 1. The number of nitrogens with zero attached hydrogens (tertiary/aromatic N) is 1. The molecule has 2 aromatic carbocycles. The van der Waals surface area contributed by atoms with Crippen molar-refractivity contribution in [1.82, 2.24) is 5.32 Å². The van der Waals surface area contributed by atoms with Gasteiger partial charge in [-0.2, -0.15) is 11.8 Å². The number of fused-ring (bicyclic) bond motifs is 1. The average Bonchev–Trinajstić information content (AvgIpc) is 3.55. The van der Waals surface area contributed by atoms with E-state index in [1.54, 1.807) is 49.6 Å². The monoisotopic (exact) mass is 688 g/mol. The van der Waals surface area contributed by atoms with E-state index < -0.39 is 29.8 Å². The summed E-state index contributed by atoms with van der Waals surface area (Å²) >= 11 is 9.11. The van der Waals surface area contributed by atoms with E-state index >= 15 is 0 Å². The van der Waals surface area contributed by atoms with Crippen LogP contribution in [0.3, 0.4) is 0 Å². The second-order valence-corrected chi connectivity index (χ2v) is 14.9. The average molecular weight is 689 g/mol. The van der Waals surface area contributed by atoms with Crippen LogP contribution in [-0.4, -0.2) is 60.9 Å². The fourth-order valence-corrected chi connectivity index (χ4v) is 6.63. The van der Waals surface area contributed by atoms with Crippen LogP contribution < -0.4 is 19.7 Å². The molecule has 0 aliphatic carbocycles. The Bertz CT molecular complexity index is 1540. The maximum absolute atomic E-state index is 13.4. The maximum atomic E-state index is 13.4. The van der Waals surface area contributed by atoms with Crippen molar-refractivity contribution in [3.63, 3.8) is 0 Å². The van der Waals surface area contributed by atoms with E-state index in [1.807, 2.05) is 51.1 Å². The van der Waals surface area contributed by atoms with Gasteiger partial charge in [-0.15, -0.1) is 11.3 Å². The highest BCUT2D eigenvalue weighted by Gasteiger charge is 2.33. The molecule has 1 aliphatic rings. The number of hydrogen-bond acceptors (Lipinski definition) is 9. The first-order valence-corrected chi connectivity index (χ1v) is 17.4. The number of ether oxygens (including phenoxy) is 4. The van der Waals surface area contributed by atoms with E-state index in [9.17, 15) is 14.4 Å². The summed E-state index contributed by atoms with van der Waals surface area (Å²) in [5, 5.41) is 3.31. The highest BCUT2D eigenvalue weighted by atomic mass is 35.5. The van der Waals surface area contributed by atoms with Crippen LogP contribution >= 0.6 is 34.7 Å². The normalized spacial score (nSPS) is 14.1. The summed E-state index contributed by atoms with van der Waals surface area (Å²) in [6, 6.07) is 14.1. The summed E-state index contributed by atoms with van der Waals surface area (Å²) in [7, 11) is 1.53. The largest absolute Gasteiger partial charge is 0.493 e. The van der Waals surface area contributed by atoms with Crippen LogP contribution in [0.25, 0.3) is 10.4 Å². The molecule has 2 atom stereocenters. The third-order valence-electron chi connectivity index (χ3n) is 6.97. The topological polar surface area (TPSA) is 103 Å². The number of rotatable bonds is 13. The van der Waals surface area contributed by atoms with Crippen molar-refractivity contribution in [1.29, 1.82) is 0 Å². The number of methoxy groups -OCH3 is 1. The van der Waals surface area contributed by atoms with Gasteiger partial charge in [-0.3, -0.25) is 4.79 Å². The van der Waals surface area contributed by atoms with Crippen molar-refractivity contribution in [2.45, 2.75) is 65.8 Å². The number of esters is 1. The predicted octanol–water partition coefficient (Wildman–Crippen LogP) is 7.83. The molecule has 9 nitrogen and oxygen atoms in total. The number of benzene rings is 2. The number of anilines is 1. The van der Waals surface area contributed by atoms with Crippen molar-refractivity contribution in [3.8, 4) is 21.9 Å². The summed E-state index contributed by atoms with van der Waals surface area (Å²) in [6.45, 7) is 11.5. The van der Waals surface area contributed by atoms with Crippen LogP contribution in [-0.2, 0) is 20.8 Å². The lowest BCUT2D eigenvalue weighted by atomic mass is 10.1. The molecule has 248 valence electrons. The van der Waals surface area contributed by atoms with Crippen molar-refractivity contribution >= 4 is 58.4 Å². The molecular weight excluding hydrogens is 648 g/mol. The van der Waals surface area contributed by atoms with Gasteiger partial charge in [0.2, 0.25) is 0 Å². The Balaban J connectivity index is 1.42. The fraction of sp³-hybridized carbons (Fsp3) is 0.441. The second-order valence-electron chi connectivity index (χ2n) is 12.1. The van der Waals surface area contributed by atoms with Crippen molar-refractivity contribution in [3.05, 3.63) is 64.0 Å². The van der Waals surface area contributed by atoms with Gasteiger partial charge in [0.15, 0.2) is 11.5 Å². The minimum absolute atomic E-state index is 0.0686. The first-order valence-electron chi connectivity index (χ1n) is 15.1. The number of halogens is 1. The van der Waals surface area contributed by atoms with E-state index in [1.165, 1.54) is 18.4 Å². The molecule has 4 rings (SSSR count). The van der Waals surface area contributed by atoms with Gasteiger partial charge in [0.25, 0.3) is 5.91 Å². The first kappa shape index (κ1) is 35.4. The molecule has 1 aromatic heterocycles. The number of thioether (sulfide) groups is 1. The molecule has 0 fully saturated rings. The molecule has 1 aliphatic heterocycles. The van der Waals surface area contributed by atoms with Gasteiger partial charge in [-0.25, -0.2) is 9.59 Å². The van der Waals surface area contributed by atoms with E-state index in [0.717, 1.165) is 21.8 Å². The number of alkyl carbamates (subject to hydrolysis) is 1. The van der Waals surface area contributed by atoms with Crippen molar-refractivity contribution in [2.24, 2.45) is 5.92 Å². The summed E-state index contributed by atoms with van der Waals surface area (Å²) in [5.74, 6) is 1.37. The minimum atomic E-state index is -0.888. The Hall–Kier alpha value is -3.41. The van der Waals surface area contributed by atoms with E-state index in [4.69, 9.17) is 30.5 Å². The third kappa shape index (κ3) is 9.11. The maximum Gasteiger partial charge on any atom is 0.408 e. The quantitative estimate of drug-likeness (QED) is 0.181. The van der Waals surface area contributed by atoms with Gasteiger partial charge in [-0.05, 0) is 73.9 Å². The van der Waals surface area contributed by atoms with Gasteiger partial charge in [0.1, 0.15) is 24.4 Å². The second kappa shape index (κ2) is 15.5. The fourth-order valence-electron chi connectivity index (χ4n) is 4.72. The molecule has 0 saturated heterocycles. The number of amides is 2. The van der Waals surface area contributed by atoms with Crippen LogP contribution in [0.15, 0.2) is 48.5 Å². The van der Waals surface area contributed by atoms with Gasteiger partial charge >= 0.3 is 12.1 Å². The lowest BCUT2D eigenvalue weighted by Gasteiger charge is -2.26. The predicted molar refractivity (Wildman–Crippen MR) is 185 cm³/mol. The first-order chi connectivity index (χ1) is 21.8. The molecule has 0 spiro atoms. The standard InChI is InChI=1S/C34H41ClN2O7S2/c1-8-45-19-25(43-32(39)29(20(2)3)36-33(40)44-34(4,5)6)18-42-26-14-13-24(16-27(26)41-7)37-17-22-15-28(46-30(22)31(37)38)21-9-11-23(35)12-10-21/h9-16,20,25,29H,8,17-19H2,1-7H3,(H,36,40)/t25-,29-/m0/s1. The highest BCUT2D eigenvalue weighted by Crippen LogP contribution is 2.40. The Morgan fingerprint density at radius 1 is 1.09 bits per heavy atom. The van der Waals surface area contributed by atoms with Crippen LogP contribution in [0, 0.1) is 5.92 Å². The zero-order valence-corrected chi connectivity index (χ0v) is 29.6. The third-order valence-corrected chi connectivity index (χ3v) is 9.45. The van der Waals surface area contributed by atoms with Gasteiger partial charge < -0.3 is 29.2 Å². The number of carbonyl (C=O) groups is 3. The molecule has 46 heavy (non-hydrogen) atoms. The highest BCUT2D eigenvalue weighted by molar-refractivity contribution is 7.99. The Morgan fingerprint density at radius 3 is 2.41 bits per heavy atom. The Morgan fingerprint density at radius 2 is 1.80 bits per heavy atom. The minimum Gasteiger partial charge on any atom is -0.493 e. The number of thiophene rings is 1. The van der Waals surface area contributed by atoms with Crippen molar-refractivity contribution in [2.75, 3.05) is 30.1 Å².